The largest absolute Gasteiger partial charge is 0.416 e. The summed E-state index contributed by atoms with van der Waals surface area (Å²) in [6.07, 6.45) is -3.14. The summed E-state index contributed by atoms with van der Waals surface area (Å²) in [5, 5.41) is 0. The summed E-state index contributed by atoms with van der Waals surface area (Å²) in [7, 11) is 0. The Morgan fingerprint density at radius 2 is 1.76 bits per heavy atom. The predicted octanol–water partition coefficient (Wildman–Crippen LogP) is 3.63. The van der Waals surface area contributed by atoms with Gasteiger partial charge in [0.05, 0.1) is 5.56 Å². The lowest BCUT2D eigenvalue weighted by molar-refractivity contribution is -0.137. The third-order valence-electron chi connectivity index (χ3n) is 2.06. The Hall–Kier alpha value is -1.65. The van der Waals surface area contributed by atoms with Gasteiger partial charge in [-0.15, -0.1) is 0 Å². The first kappa shape index (κ1) is 15.3. The van der Waals surface area contributed by atoms with Crippen LogP contribution in [0.5, 0.6) is 0 Å². The molecule has 0 atom stereocenters. The Morgan fingerprint density at radius 3 is 2.18 bits per heavy atom. The first-order valence-corrected chi connectivity index (χ1v) is 5.22. The zero-order valence-electron chi connectivity index (χ0n) is 10.1. The van der Waals surface area contributed by atoms with Crippen LogP contribution in [-0.4, -0.2) is 0 Å². The maximum absolute atomic E-state index is 12.4. The van der Waals surface area contributed by atoms with Crippen molar-refractivity contribution in [2.45, 2.75) is 26.9 Å². The molecule has 2 nitrogen and oxygen atoms in total. The number of hydrogen-bond acceptors (Lipinski definition) is 2. The van der Waals surface area contributed by atoms with Gasteiger partial charge in [0.2, 0.25) is 0 Å². The van der Waals surface area contributed by atoms with Gasteiger partial charge in [-0.25, -0.2) is 0 Å². The van der Waals surface area contributed by atoms with Crippen molar-refractivity contribution in [2.75, 3.05) is 5.73 Å². The number of benzene rings is 1. The van der Waals surface area contributed by atoms with E-state index >= 15 is 0 Å². The highest BCUT2D eigenvalue weighted by Gasteiger charge is 2.30. The average Bonchev–Trinajstić information content (AvgIpc) is 2.30. The molecule has 1 rings (SSSR count). The van der Waals surface area contributed by atoms with Gasteiger partial charge in [0.25, 0.3) is 0 Å². The molecule has 0 fully saturated rings. The SMILES string of the molecule is C/C(=C/N)c1cc(C(F)(F)F)ccc1N.CC. The fourth-order valence-corrected chi connectivity index (χ4v) is 1.16. The Balaban J connectivity index is 0.00000121. The highest BCUT2D eigenvalue weighted by atomic mass is 19.4. The second-order valence-electron chi connectivity index (χ2n) is 3.15. The average molecular weight is 246 g/mol. The first-order valence-electron chi connectivity index (χ1n) is 5.22. The fourth-order valence-electron chi connectivity index (χ4n) is 1.16. The molecule has 4 N–H and O–H groups in total. The Morgan fingerprint density at radius 1 is 1.24 bits per heavy atom. The van der Waals surface area contributed by atoms with E-state index in [0.29, 0.717) is 11.1 Å². The number of rotatable bonds is 1. The van der Waals surface area contributed by atoms with Crippen molar-refractivity contribution in [1.29, 1.82) is 0 Å². The summed E-state index contributed by atoms with van der Waals surface area (Å²) in [5.41, 5.74) is 11.2. The van der Waals surface area contributed by atoms with Gasteiger partial charge in [0.15, 0.2) is 0 Å². The van der Waals surface area contributed by atoms with Crippen LogP contribution in [0.15, 0.2) is 24.4 Å². The summed E-state index contributed by atoms with van der Waals surface area (Å²) in [4.78, 5) is 0. The van der Waals surface area contributed by atoms with Crippen LogP contribution in [0, 0.1) is 0 Å². The lowest BCUT2D eigenvalue weighted by atomic mass is 10.0. The number of nitrogens with two attached hydrogens (primary N) is 2. The molecule has 0 aliphatic rings. The number of allylic oxidation sites excluding steroid dienone is 1. The summed E-state index contributed by atoms with van der Waals surface area (Å²) in [5.74, 6) is 0. The molecule has 0 saturated heterocycles. The fraction of sp³-hybridized carbons (Fsp3) is 0.333. The van der Waals surface area contributed by atoms with Gasteiger partial charge in [-0.3, -0.25) is 0 Å². The second kappa shape index (κ2) is 6.18. The Labute approximate surface area is 99.1 Å². The van der Waals surface area contributed by atoms with Crippen molar-refractivity contribution in [3.63, 3.8) is 0 Å². The minimum Gasteiger partial charge on any atom is -0.404 e. The van der Waals surface area contributed by atoms with E-state index in [-0.39, 0.29) is 5.69 Å². The van der Waals surface area contributed by atoms with Crippen LogP contribution < -0.4 is 11.5 Å². The highest BCUT2D eigenvalue weighted by Crippen LogP contribution is 2.32. The van der Waals surface area contributed by atoms with E-state index in [4.69, 9.17) is 11.5 Å². The van der Waals surface area contributed by atoms with E-state index < -0.39 is 11.7 Å². The van der Waals surface area contributed by atoms with Crippen molar-refractivity contribution in [3.05, 3.63) is 35.5 Å². The quantitative estimate of drug-likeness (QED) is 0.743. The van der Waals surface area contributed by atoms with Crippen LogP contribution >= 0.6 is 0 Å². The van der Waals surface area contributed by atoms with Crippen LogP contribution in [0.2, 0.25) is 0 Å². The van der Waals surface area contributed by atoms with Gasteiger partial charge < -0.3 is 11.5 Å². The van der Waals surface area contributed by atoms with Gasteiger partial charge >= 0.3 is 6.18 Å². The van der Waals surface area contributed by atoms with Crippen LogP contribution in [0.1, 0.15) is 31.9 Å². The Kier molecular flexibility index (Phi) is 5.58. The van der Waals surface area contributed by atoms with Crippen LogP contribution in [0.3, 0.4) is 0 Å². The molecule has 0 aliphatic carbocycles. The number of anilines is 1. The molecule has 5 heteroatoms. The molecule has 0 saturated carbocycles. The standard InChI is InChI=1S/C10H11F3N2.C2H6/c1-6(5-14)8-4-7(10(11,12)13)2-3-9(8)15;1-2/h2-5H,14-15H2,1H3;1-2H3/b6-5-;. The highest BCUT2D eigenvalue weighted by molar-refractivity contribution is 5.74. The van der Waals surface area contributed by atoms with E-state index in [0.717, 1.165) is 12.1 Å². The monoisotopic (exact) mass is 246 g/mol. The molecule has 0 bridgehead atoms. The third kappa shape index (κ3) is 4.01. The Bertz CT molecular complexity index is 395. The van der Waals surface area contributed by atoms with Crippen molar-refractivity contribution in [2.24, 2.45) is 5.73 Å². The minimum atomic E-state index is -4.36. The summed E-state index contributed by atoms with van der Waals surface area (Å²) in [6, 6.07) is 3.17. The molecule has 17 heavy (non-hydrogen) atoms. The molecule has 0 heterocycles. The predicted molar refractivity (Wildman–Crippen MR) is 65.0 cm³/mol. The lowest BCUT2D eigenvalue weighted by Crippen LogP contribution is -2.06. The van der Waals surface area contributed by atoms with Gasteiger partial charge in [-0.2, -0.15) is 13.2 Å². The molecule has 0 amide bonds. The smallest absolute Gasteiger partial charge is 0.404 e. The summed E-state index contributed by atoms with van der Waals surface area (Å²) < 4.78 is 37.1. The van der Waals surface area contributed by atoms with E-state index in [2.05, 4.69) is 0 Å². The normalized spacial score (nSPS) is 11.8. The summed E-state index contributed by atoms with van der Waals surface area (Å²) in [6.45, 7) is 5.60. The second-order valence-corrected chi connectivity index (χ2v) is 3.15. The molecular formula is C12H17F3N2. The van der Waals surface area contributed by atoms with Crippen LogP contribution in [0.4, 0.5) is 18.9 Å². The maximum atomic E-state index is 12.4. The minimum absolute atomic E-state index is 0.280. The molecule has 0 aliphatic heterocycles. The van der Waals surface area contributed by atoms with E-state index in [1.165, 1.54) is 12.3 Å². The van der Waals surface area contributed by atoms with Crippen molar-refractivity contribution < 1.29 is 13.2 Å². The molecule has 0 radical (unpaired) electrons. The van der Waals surface area contributed by atoms with Gasteiger partial charge in [0.1, 0.15) is 0 Å². The number of nitrogen functional groups attached to an aromatic ring is 1. The maximum Gasteiger partial charge on any atom is 0.416 e. The van der Waals surface area contributed by atoms with Gasteiger partial charge in [0, 0.05) is 11.3 Å². The van der Waals surface area contributed by atoms with Crippen LogP contribution in [0.25, 0.3) is 5.57 Å². The zero-order valence-corrected chi connectivity index (χ0v) is 10.1. The van der Waals surface area contributed by atoms with E-state index in [9.17, 15) is 13.2 Å². The molecule has 1 aromatic rings. The van der Waals surface area contributed by atoms with Gasteiger partial charge in [-0.1, -0.05) is 13.8 Å². The van der Waals surface area contributed by atoms with Crippen LogP contribution in [-0.2, 0) is 6.18 Å². The molecule has 1 aromatic carbocycles. The topological polar surface area (TPSA) is 52.0 Å². The van der Waals surface area contributed by atoms with Crippen molar-refractivity contribution >= 4 is 11.3 Å². The number of halogens is 3. The number of alkyl halides is 3. The molecule has 96 valence electrons. The molecular weight excluding hydrogens is 229 g/mol. The third-order valence-corrected chi connectivity index (χ3v) is 2.06. The van der Waals surface area contributed by atoms with Gasteiger partial charge in [-0.05, 0) is 36.9 Å². The number of hydrogen-bond donors (Lipinski definition) is 2. The van der Waals surface area contributed by atoms with E-state index in [1.807, 2.05) is 13.8 Å². The summed E-state index contributed by atoms with van der Waals surface area (Å²) >= 11 is 0. The van der Waals surface area contributed by atoms with Crippen molar-refractivity contribution in [3.8, 4) is 0 Å². The lowest BCUT2D eigenvalue weighted by Gasteiger charge is -2.11. The molecule has 0 spiro atoms. The van der Waals surface area contributed by atoms with E-state index in [1.54, 1.807) is 6.92 Å². The molecule has 0 unspecified atom stereocenters. The van der Waals surface area contributed by atoms with Crippen molar-refractivity contribution in [1.82, 2.24) is 0 Å². The zero-order chi connectivity index (χ0) is 13.6. The first-order chi connectivity index (χ1) is 7.86. The molecule has 0 aromatic heterocycles.